The molecule has 0 aliphatic heterocycles. The monoisotopic (exact) mass is 428 g/mol. The van der Waals surface area contributed by atoms with E-state index < -0.39 is 36.7 Å². The molecular weight excluding hydrogens is 417 g/mol. The van der Waals surface area contributed by atoms with Crippen LogP contribution in [0, 0.1) is 0 Å². The van der Waals surface area contributed by atoms with Crippen LogP contribution in [0.15, 0.2) is 47.4 Å². The number of hydrogen-bond donors (Lipinski definition) is 2. The van der Waals surface area contributed by atoms with Crippen LogP contribution in [-0.2, 0) is 26.2 Å². The normalized spacial score (nSPS) is 12.7. The van der Waals surface area contributed by atoms with Gasteiger partial charge in [-0.15, -0.1) is 0 Å². The van der Waals surface area contributed by atoms with E-state index in [-0.39, 0.29) is 16.4 Å². The predicted molar refractivity (Wildman–Crippen MR) is 92.2 cm³/mol. The van der Waals surface area contributed by atoms with Crippen molar-refractivity contribution in [1.82, 2.24) is 0 Å². The molecule has 0 bridgehead atoms. The molecule has 0 saturated carbocycles. The highest BCUT2D eigenvalue weighted by atomic mass is 35.5. The second-order valence-corrected chi connectivity index (χ2v) is 9.04. The maximum Gasteiger partial charge on any atom is 0.416 e. The molecule has 2 N–H and O–H groups in total. The molecule has 0 aliphatic carbocycles. The number of benzene rings is 2. The highest BCUT2D eigenvalue weighted by Gasteiger charge is 2.31. The lowest BCUT2D eigenvalue weighted by Gasteiger charge is -2.12. The Morgan fingerprint density at radius 2 is 1.62 bits per heavy atom. The molecular formula is C14H12ClF3N2O4S2. The Morgan fingerprint density at radius 1 is 0.962 bits per heavy atom. The molecule has 12 heteroatoms. The Morgan fingerprint density at radius 3 is 2.15 bits per heavy atom. The van der Waals surface area contributed by atoms with Gasteiger partial charge < -0.3 is 0 Å². The summed E-state index contributed by atoms with van der Waals surface area (Å²) in [6.07, 6.45) is -3.78. The molecule has 142 valence electrons. The molecule has 0 spiro atoms. The second-order valence-electron chi connectivity index (χ2n) is 5.20. The third kappa shape index (κ3) is 5.26. The molecule has 0 saturated heterocycles. The average Bonchev–Trinajstić information content (AvgIpc) is 2.48. The number of anilines is 2. The molecule has 2 rings (SSSR count). The van der Waals surface area contributed by atoms with Gasteiger partial charge in [-0.2, -0.15) is 13.2 Å². The van der Waals surface area contributed by atoms with Gasteiger partial charge in [-0.1, -0.05) is 17.7 Å². The standard InChI is InChI=1S/C14H12ClF3N2O4S2/c1-25(21,22)20-13-6-5-10(8-12(13)15)19-26(23,24)11-4-2-3-9(7-11)14(16,17)18/h2-8,19-20H,1H3. The highest BCUT2D eigenvalue weighted by molar-refractivity contribution is 7.92. The van der Waals surface area contributed by atoms with Gasteiger partial charge in [0.1, 0.15) is 0 Å². The zero-order valence-electron chi connectivity index (χ0n) is 13.0. The van der Waals surface area contributed by atoms with E-state index in [0.717, 1.165) is 30.5 Å². The van der Waals surface area contributed by atoms with Gasteiger partial charge in [-0.25, -0.2) is 16.8 Å². The minimum Gasteiger partial charge on any atom is -0.282 e. The predicted octanol–water partition coefficient (Wildman–Crippen LogP) is 3.53. The molecule has 26 heavy (non-hydrogen) atoms. The summed E-state index contributed by atoms with van der Waals surface area (Å²) in [5, 5.41) is -0.0975. The van der Waals surface area contributed by atoms with Crippen molar-refractivity contribution in [1.29, 1.82) is 0 Å². The van der Waals surface area contributed by atoms with Crippen LogP contribution in [0.3, 0.4) is 0 Å². The van der Waals surface area contributed by atoms with Crippen molar-refractivity contribution in [2.24, 2.45) is 0 Å². The fourth-order valence-electron chi connectivity index (χ4n) is 1.91. The summed E-state index contributed by atoms with van der Waals surface area (Å²) in [6, 6.07) is 6.80. The first-order chi connectivity index (χ1) is 11.8. The Hall–Kier alpha value is -1.98. The molecule has 0 aliphatic rings. The maximum atomic E-state index is 12.7. The van der Waals surface area contributed by atoms with Crippen LogP contribution in [0.4, 0.5) is 24.5 Å². The first kappa shape index (κ1) is 20.3. The smallest absolute Gasteiger partial charge is 0.282 e. The molecule has 0 heterocycles. The van der Waals surface area contributed by atoms with Gasteiger partial charge in [0.25, 0.3) is 10.0 Å². The number of halogens is 4. The molecule has 2 aromatic rings. The van der Waals surface area contributed by atoms with Crippen LogP contribution in [0.5, 0.6) is 0 Å². The lowest BCUT2D eigenvalue weighted by Crippen LogP contribution is -2.15. The largest absolute Gasteiger partial charge is 0.416 e. The SMILES string of the molecule is CS(=O)(=O)Nc1ccc(NS(=O)(=O)c2cccc(C(F)(F)F)c2)cc1Cl. The summed E-state index contributed by atoms with van der Waals surface area (Å²) in [4.78, 5) is -0.582. The van der Waals surface area contributed by atoms with Crippen molar-refractivity contribution in [2.75, 3.05) is 15.7 Å². The minimum atomic E-state index is -4.69. The van der Waals surface area contributed by atoms with Gasteiger partial charge in [-0.05, 0) is 36.4 Å². The van der Waals surface area contributed by atoms with Crippen LogP contribution in [-0.4, -0.2) is 23.1 Å². The maximum absolute atomic E-state index is 12.7. The first-order valence-corrected chi connectivity index (χ1v) is 10.5. The van der Waals surface area contributed by atoms with E-state index in [9.17, 15) is 30.0 Å². The van der Waals surface area contributed by atoms with Crippen molar-refractivity contribution < 1.29 is 30.0 Å². The topological polar surface area (TPSA) is 92.3 Å². The van der Waals surface area contributed by atoms with Crippen LogP contribution in [0.25, 0.3) is 0 Å². The molecule has 0 unspecified atom stereocenters. The van der Waals surface area contributed by atoms with Gasteiger partial charge >= 0.3 is 6.18 Å². The molecule has 6 nitrogen and oxygen atoms in total. The number of alkyl halides is 3. The van der Waals surface area contributed by atoms with Crippen LogP contribution < -0.4 is 9.44 Å². The lowest BCUT2D eigenvalue weighted by atomic mass is 10.2. The molecule has 2 aromatic carbocycles. The van der Waals surface area contributed by atoms with Crippen molar-refractivity contribution >= 4 is 43.0 Å². The van der Waals surface area contributed by atoms with Crippen LogP contribution >= 0.6 is 11.6 Å². The summed E-state index contributed by atoms with van der Waals surface area (Å²) in [7, 11) is -7.90. The zero-order chi connectivity index (χ0) is 19.8. The fourth-order valence-corrected chi connectivity index (χ4v) is 3.87. The van der Waals surface area contributed by atoms with Gasteiger partial charge in [0, 0.05) is 0 Å². The van der Waals surface area contributed by atoms with Gasteiger partial charge in [0.2, 0.25) is 10.0 Å². The third-order valence-corrected chi connectivity index (χ3v) is 5.27. The van der Waals surface area contributed by atoms with E-state index in [2.05, 4.69) is 9.44 Å². The Balaban J connectivity index is 2.31. The van der Waals surface area contributed by atoms with Gasteiger partial charge in [0.05, 0.1) is 33.1 Å². The summed E-state index contributed by atoms with van der Waals surface area (Å²) in [5.41, 5.74) is -1.13. The Bertz CT molecular complexity index is 1040. The second kappa shape index (κ2) is 6.97. The quantitative estimate of drug-likeness (QED) is 0.762. The lowest BCUT2D eigenvalue weighted by molar-refractivity contribution is -0.137. The van der Waals surface area contributed by atoms with E-state index in [4.69, 9.17) is 11.6 Å². The molecule has 0 amide bonds. The Kier molecular flexibility index (Phi) is 5.45. The summed E-state index contributed by atoms with van der Waals surface area (Å²) in [6.45, 7) is 0. The van der Waals surface area contributed by atoms with Crippen molar-refractivity contribution in [2.45, 2.75) is 11.1 Å². The zero-order valence-corrected chi connectivity index (χ0v) is 15.4. The Labute approximate surface area is 153 Å². The van der Waals surface area contributed by atoms with Crippen LogP contribution in [0.2, 0.25) is 5.02 Å². The highest BCUT2D eigenvalue weighted by Crippen LogP contribution is 2.31. The molecule has 0 atom stereocenters. The van der Waals surface area contributed by atoms with E-state index in [1.54, 1.807) is 0 Å². The first-order valence-electron chi connectivity index (χ1n) is 6.75. The van der Waals surface area contributed by atoms with Gasteiger partial charge in [0.15, 0.2) is 0 Å². The van der Waals surface area contributed by atoms with Gasteiger partial charge in [-0.3, -0.25) is 9.44 Å². The fraction of sp³-hybridized carbons (Fsp3) is 0.143. The van der Waals surface area contributed by atoms with Crippen molar-refractivity contribution in [3.8, 4) is 0 Å². The summed E-state index contributed by atoms with van der Waals surface area (Å²) in [5.74, 6) is 0. The van der Waals surface area contributed by atoms with Crippen molar-refractivity contribution in [3.63, 3.8) is 0 Å². The van der Waals surface area contributed by atoms with E-state index in [1.165, 1.54) is 12.1 Å². The van der Waals surface area contributed by atoms with Crippen LogP contribution in [0.1, 0.15) is 5.56 Å². The number of rotatable bonds is 5. The van der Waals surface area contributed by atoms with E-state index in [0.29, 0.717) is 6.07 Å². The molecule has 0 fully saturated rings. The number of sulfonamides is 2. The minimum absolute atomic E-state index is 0.0242. The number of hydrogen-bond acceptors (Lipinski definition) is 4. The molecule has 0 radical (unpaired) electrons. The third-order valence-electron chi connectivity index (χ3n) is 2.99. The summed E-state index contributed by atoms with van der Waals surface area (Å²) >= 11 is 5.88. The van der Waals surface area contributed by atoms with E-state index >= 15 is 0 Å². The van der Waals surface area contributed by atoms with E-state index in [1.807, 2.05) is 0 Å². The van der Waals surface area contributed by atoms with Crippen molar-refractivity contribution in [3.05, 3.63) is 53.1 Å². The average molecular weight is 429 g/mol. The number of nitrogens with one attached hydrogen (secondary N) is 2. The molecule has 0 aromatic heterocycles. The summed E-state index contributed by atoms with van der Waals surface area (Å²) < 4.78 is 89.3.